The molecular weight excluding hydrogens is 310 g/mol. The molecule has 0 saturated heterocycles. The van der Waals surface area contributed by atoms with Crippen LogP contribution in [-0.2, 0) is 6.54 Å². The summed E-state index contributed by atoms with van der Waals surface area (Å²) in [5.41, 5.74) is 0.210. The highest BCUT2D eigenvalue weighted by Gasteiger charge is 2.10. The number of benzene rings is 2. The maximum atomic E-state index is 12.0. The van der Waals surface area contributed by atoms with Crippen molar-refractivity contribution in [1.82, 2.24) is 14.8 Å². The molecular formula is C17H13N3O4. The van der Waals surface area contributed by atoms with Crippen LogP contribution >= 0.6 is 0 Å². The maximum absolute atomic E-state index is 12.0. The number of carboxylic acid groups (broad SMARTS) is 1. The van der Waals surface area contributed by atoms with Crippen molar-refractivity contribution < 1.29 is 9.90 Å². The SMILES string of the molecule is O=C(O)c1cccc(Cn2nc(-c3ccccc3)c(=O)[nH]c2=O)c1. The maximum Gasteiger partial charge on any atom is 0.345 e. The Bertz CT molecular complexity index is 1010. The summed E-state index contributed by atoms with van der Waals surface area (Å²) in [6.07, 6.45) is 0. The van der Waals surface area contributed by atoms with Gasteiger partial charge in [0.1, 0.15) is 0 Å². The zero-order chi connectivity index (χ0) is 17.1. The summed E-state index contributed by atoms with van der Waals surface area (Å²) in [4.78, 5) is 37.2. The normalized spacial score (nSPS) is 10.5. The van der Waals surface area contributed by atoms with Crippen molar-refractivity contribution in [2.24, 2.45) is 0 Å². The Balaban J connectivity index is 2.03. The van der Waals surface area contributed by atoms with Crippen LogP contribution < -0.4 is 11.2 Å². The molecule has 0 radical (unpaired) electrons. The van der Waals surface area contributed by atoms with Gasteiger partial charge in [0.05, 0.1) is 12.1 Å². The van der Waals surface area contributed by atoms with Crippen molar-refractivity contribution in [1.29, 1.82) is 0 Å². The quantitative estimate of drug-likeness (QED) is 0.754. The van der Waals surface area contributed by atoms with Gasteiger partial charge in [-0.2, -0.15) is 5.10 Å². The molecule has 24 heavy (non-hydrogen) atoms. The molecule has 0 aliphatic carbocycles. The van der Waals surface area contributed by atoms with E-state index >= 15 is 0 Å². The predicted molar refractivity (Wildman–Crippen MR) is 87.1 cm³/mol. The van der Waals surface area contributed by atoms with Gasteiger partial charge in [0.2, 0.25) is 0 Å². The van der Waals surface area contributed by atoms with Crippen molar-refractivity contribution in [3.8, 4) is 11.3 Å². The van der Waals surface area contributed by atoms with Gasteiger partial charge in [-0.3, -0.25) is 9.78 Å². The third-order valence-electron chi connectivity index (χ3n) is 3.44. The molecule has 7 nitrogen and oxygen atoms in total. The molecule has 120 valence electrons. The number of aromatic amines is 1. The Morgan fingerprint density at radius 2 is 1.83 bits per heavy atom. The van der Waals surface area contributed by atoms with Crippen molar-refractivity contribution in [3.05, 3.63) is 86.6 Å². The van der Waals surface area contributed by atoms with Gasteiger partial charge < -0.3 is 5.11 Å². The first-order valence-corrected chi connectivity index (χ1v) is 7.14. The van der Waals surface area contributed by atoms with E-state index in [0.717, 1.165) is 4.68 Å². The molecule has 0 aliphatic rings. The van der Waals surface area contributed by atoms with Gasteiger partial charge >= 0.3 is 11.7 Å². The Kier molecular flexibility index (Phi) is 4.07. The Labute approximate surface area is 135 Å². The molecule has 2 N–H and O–H groups in total. The number of nitrogens with zero attached hydrogens (tertiary/aromatic N) is 2. The van der Waals surface area contributed by atoms with Crippen molar-refractivity contribution in [2.75, 3.05) is 0 Å². The summed E-state index contributed by atoms with van der Waals surface area (Å²) in [6.45, 7) is 0.0521. The van der Waals surface area contributed by atoms with E-state index in [4.69, 9.17) is 5.11 Å². The molecule has 0 fully saturated rings. The molecule has 3 rings (SSSR count). The van der Waals surface area contributed by atoms with Gasteiger partial charge in [-0.05, 0) is 17.7 Å². The molecule has 1 heterocycles. The van der Waals surface area contributed by atoms with E-state index in [-0.39, 0.29) is 17.8 Å². The molecule has 0 spiro atoms. The van der Waals surface area contributed by atoms with E-state index in [2.05, 4.69) is 10.1 Å². The fraction of sp³-hybridized carbons (Fsp3) is 0.0588. The standard InChI is InChI=1S/C17H13N3O4/c21-15-14(12-6-2-1-3-7-12)19-20(17(24)18-15)10-11-5-4-8-13(9-11)16(22)23/h1-9H,10H2,(H,22,23)(H,18,21,24). The highest BCUT2D eigenvalue weighted by atomic mass is 16.4. The van der Waals surface area contributed by atoms with E-state index in [1.807, 2.05) is 6.07 Å². The summed E-state index contributed by atoms with van der Waals surface area (Å²) in [7, 11) is 0. The average Bonchev–Trinajstić information content (AvgIpc) is 2.58. The molecule has 2 aromatic carbocycles. The minimum absolute atomic E-state index is 0.0521. The van der Waals surface area contributed by atoms with Gasteiger partial charge in [0.25, 0.3) is 5.56 Å². The molecule has 0 bridgehead atoms. The van der Waals surface area contributed by atoms with E-state index in [0.29, 0.717) is 11.1 Å². The van der Waals surface area contributed by atoms with Crippen LogP contribution in [0.1, 0.15) is 15.9 Å². The largest absolute Gasteiger partial charge is 0.478 e. The summed E-state index contributed by atoms with van der Waals surface area (Å²) < 4.78 is 1.10. The van der Waals surface area contributed by atoms with Crippen LogP contribution in [0.4, 0.5) is 0 Å². The highest BCUT2D eigenvalue weighted by molar-refractivity contribution is 5.87. The van der Waals surface area contributed by atoms with Crippen LogP contribution in [-0.4, -0.2) is 25.8 Å². The number of aromatic carboxylic acids is 1. The lowest BCUT2D eigenvalue weighted by Gasteiger charge is -2.07. The lowest BCUT2D eigenvalue weighted by atomic mass is 10.1. The van der Waals surface area contributed by atoms with Crippen molar-refractivity contribution >= 4 is 5.97 Å². The zero-order valence-electron chi connectivity index (χ0n) is 12.5. The van der Waals surface area contributed by atoms with E-state index < -0.39 is 17.2 Å². The Morgan fingerprint density at radius 1 is 1.08 bits per heavy atom. The van der Waals surface area contributed by atoms with Crippen LogP contribution in [0.3, 0.4) is 0 Å². The fourth-order valence-corrected chi connectivity index (χ4v) is 2.30. The molecule has 3 aromatic rings. The lowest BCUT2D eigenvalue weighted by Crippen LogP contribution is -2.33. The summed E-state index contributed by atoms with van der Waals surface area (Å²) in [5.74, 6) is -1.05. The number of nitrogens with one attached hydrogen (secondary N) is 1. The van der Waals surface area contributed by atoms with Gasteiger partial charge in [0, 0.05) is 5.56 Å². The molecule has 0 saturated carbocycles. The molecule has 0 atom stereocenters. The average molecular weight is 323 g/mol. The van der Waals surface area contributed by atoms with E-state index in [9.17, 15) is 14.4 Å². The second-order valence-electron chi connectivity index (χ2n) is 5.14. The van der Waals surface area contributed by atoms with Gasteiger partial charge in [-0.25, -0.2) is 14.3 Å². The third-order valence-corrected chi connectivity index (χ3v) is 3.44. The first kappa shape index (κ1) is 15.4. The summed E-state index contributed by atoms with van der Waals surface area (Å²) in [5, 5.41) is 13.2. The number of H-pyrrole nitrogens is 1. The zero-order valence-corrected chi connectivity index (χ0v) is 12.5. The molecule has 0 unspecified atom stereocenters. The predicted octanol–water partition coefficient (Wildman–Crippen LogP) is 1.35. The molecule has 7 heteroatoms. The van der Waals surface area contributed by atoms with E-state index in [1.165, 1.54) is 12.1 Å². The van der Waals surface area contributed by atoms with Gasteiger partial charge in [0.15, 0.2) is 5.69 Å². The number of carbonyl (C=O) groups is 1. The number of hydrogen-bond acceptors (Lipinski definition) is 4. The fourth-order valence-electron chi connectivity index (χ4n) is 2.30. The molecule has 0 aliphatic heterocycles. The summed E-state index contributed by atoms with van der Waals surface area (Å²) in [6, 6.07) is 15.0. The van der Waals surface area contributed by atoms with E-state index in [1.54, 1.807) is 36.4 Å². The second-order valence-corrected chi connectivity index (χ2v) is 5.14. The van der Waals surface area contributed by atoms with Crippen LogP contribution in [0.25, 0.3) is 11.3 Å². The Morgan fingerprint density at radius 3 is 2.54 bits per heavy atom. The number of rotatable bonds is 4. The number of aromatic nitrogens is 3. The smallest absolute Gasteiger partial charge is 0.345 e. The van der Waals surface area contributed by atoms with Gasteiger partial charge in [-0.15, -0.1) is 0 Å². The van der Waals surface area contributed by atoms with Crippen LogP contribution in [0.15, 0.2) is 64.2 Å². The van der Waals surface area contributed by atoms with Crippen LogP contribution in [0, 0.1) is 0 Å². The Hall–Kier alpha value is -3.48. The van der Waals surface area contributed by atoms with Crippen LogP contribution in [0.5, 0.6) is 0 Å². The molecule has 0 amide bonds. The minimum atomic E-state index is -1.05. The second kappa shape index (κ2) is 6.33. The highest BCUT2D eigenvalue weighted by Crippen LogP contribution is 2.11. The van der Waals surface area contributed by atoms with Crippen molar-refractivity contribution in [3.63, 3.8) is 0 Å². The number of hydrogen-bond donors (Lipinski definition) is 2. The first-order chi connectivity index (χ1) is 11.5. The van der Waals surface area contributed by atoms with Crippen molar-refractivity contribution in [2.45, 2.75) is 6.54 Å². The lowest BCUT2D eigenvalue weighted by molar-refractivity contribution is 0.0696. The molecule has 1 aromatic heterocycles. The van der Waals surface area contributed by atoms with Crippen LogP contribution in [0.2, 0.25) is 0 Å². The van der Waals surface area contributed by atoms with Gasteiger partial charge in [-0.1, -0.05) is 42.5 Å². The number of carboxylic acids is 1. The topological polar surface area (TPSA) is 105 Å². The third kappa shape index (κ3) is 3.14. The minimum Gasteiger partial charge on any atom is -0.478 e. The monoisotopic (exact) mass is 323 g/mol. The summed E-state index contributed by atoms with van der Waals surface area (Å²) >= 11 is 0. The first-order valence-electron chi connectivity index (χ1n) is 7.14.